The van der Waals surface area contributed by atoms with Crippen LogP contribution in [0.3, 0.4) is 0 Å². The standard InChI is InChI=1S/C13H15F6N/c1-7-4-8(2)6-9(5-7)10(20-3)11(12(14,15)16)13(17,18)19/h4-6,10-11,20H,1-3H3. The third kappa shape index (κ3) is 3.88. The zero-order valence-corrected chi connectivity index (χ0v) is 11.2. The molecule has 1 unspecified atom stereocenters. The normalized spacial score (nSPS) is 14.7. The molecular formula is C13H15F6N. The third-order valence-electron chi connectivity index (χ3n) is 2.95. The van der Waals surface area contributed by atoms with E-state index in [0.29, 0.717) is 11.1 Å². The summed E-state index contributed by atoms with van der Waals surface area (Å²) in [4.78, 5) is 0. The fraction of sp³-hybridized carbons (Fsp3) is 0.538. The Balaban J connectivity index is 3.34. The summed E-state index contributed by atoms with van der Waals surface area (Å²) < 4.78 is 76.7. The first-order valence-corrected chi connectivity index (χ1v) is 5.85. The Hall–Kier alpha value is -1.24. The first kappa shape index (κ1) is 16.8. The summed E-state index contributed by atoms with van der Waals surface area (Å²) in [5, 5.41) is 2.15. The van der Waals surface area contributed by atoms with Crippen LogP contribution in [0.2, 0.25) is 0 Å². The van der Waals surface area contributed by atoms with Crippen LogP contribution in [0, 0.1) is 19.8 Å². The summed E-state index contributed by atoms with van der Waals surface area (Å²) in [5.74, 6) is -3.44. The average molecular weight is 299 g/mol. The molecule has 1 rings (SSSR count). The van der Waals surface area contributed by atoms with Gasteiger partial charge in [0.25, 0.3) is 0 Å². The van der Waals surface area contributed by atoms with Crippen molar-refractivity contribution in [2.24, 2.45) is 5.92 Å². The smallest absolute Gasteiger partial charge is 0.312 e. The van der Waals surface area contributed by atoms with Crippen LogP contribution in [0.25, 0.3) is 0 Å². The highest BCUT2D eigenvalue weighted by Crippen LogP contribution is 2.46. The number of hydrogen-bond donors (Lipinski definition) is 1. The fourth-order valence-corrected chi connectivity index (χ4v) is 2.28. The van der Waals surface area contributed by atoms with E-state index >= 15 is 0 Å². The molecule has 0 radical (unpaired) electrons. The summed E-state index contributed by atoms with van der Waals surface area (Å²) in [6.07, 6.45) is -10.7. The van der Waals surface area contributed by atoms with Crippen molar-refractivity contribution < 1.29 is 26.3 Å². The Labute approximate surface area is 113 Å². The van der Waals surface area contributed by atoms with Gasteiger partial charge in [-0.3, -0.25) is 0 Å². The zero-order valence-electron chi connectivity index (χ0n) is 11.2. The fourth-order valence-electron chi connectivity index (χ4n) is 2.28. The molecule has 1 aromatic carbocycles. The van der Waals surface area contributed by atoms with E-state index in [-0.39, 0.29) is 5.56 Å². The van der Waals surface area contributed by atoms with Crippen LogP contribution < -0.4 is 5.32 Å². The number of hydrogen-bond acceptors (Lipinski definition) is 1. The minimum absolute atomic E-state index is 0.0235. The summed E-state index contributed by atoms with van der Waals surface area (Å²) in [6, 6.07) is 2.48. The molecule has 7 heteroatoms. The molecule has 1 nitrogen and oxygen atoms in total. The maximum Gasteiger partial charge on any atom is 0.402 e. The van der Waals surface area contributed by atoms with Crippen molar-refractivity contribution in [2.75, 3.05) is 7.05 Å². The summed E-state index contributed by atoms with van der Waals surface area (Å²) in [5.41, 5.74) is 1.20. The van der Waals surface area contributed by atoms with E-state index in [2.05, 4.69) is 5.32 Å². The van der Waals surface area contributed by atoms with Gasteiger partial charge in [0.15, 0.2) is 5.92 Å². The molecule has 0 amide bonds. The van der Waals surface area contributed by atoms with Crippen molar-refractivity contribution in [3.63, 3.8) is 0 Å². The molecule has 1 N–H and O–H groups in total. The Morgan fingerprint density at radius 2 is 1.25 bits per heavy atom. The molecular weight excluding hydrogens is 284 g/mol. The highest BCUT2D eigenvalue weighted by atomic mass is 19.4. The van der Waals surface area contributed by atoms with Gasteiger partial charge >= 0.3 is 12.4 Å². The second-order valence-electron chi connectivity index (χ2n) is 4.75. The SMILES string of the molecule is CNC(c1cc(C)cc(C)c1)C(C(F)(F)F)C(F)(F)F. The second kappa shape index (κ2) is 5.63. The van der Waals surface area contributed by atoms with Gasteiger partial charge in [-0.2, -0.15) is 26.3 Å². The molecule has 0 saturated heterocycles. The monoisotopic (exact) mass is 299 g/mol. The first-order valence-electron chi connectivity index (χ1n) is 5.85. The van der Waals surface area contributed by atoms with Crippen LogP contribution in [0.15, 0.2) is 18.2 Å². The molecule has 0 saturated carbocycles. The van der Waals surface area contributed by atoms with Crippen molar-refractivity contribution in [3.05, 3.63) is 34.9 Å². The highest BCUT2D eigenvalue weighted by Gasteiger charge is 2.60. The maximum absolute atomic E-state index is 12.8. The van der Waals surface area contributed by atoms with Crippen LogP contribution in [-0.4, -0.2) is 19.4 Å². The van der Waals surface area contributed by atoms with Crippen molar-refractivity contribution in [2.45, 2.75) is 32.2 Å². The number of rotatable bonds is 3. The topological polar surface area (TPSA) is 12.0 Å². The highest BCUT2D eigenvalue weighted by molar-refractivity contribution is 5.31. The lowest BCUT2D eigenvalue weighted by Gasteiger charge is -2.31. The zero-order chi connectivity index (χ0) is 15.7. The molecule has 20 heavy (non-hydrogen) atoms. The Morgan fingerprint density at radius 3 is 1.55 bits per heavy atom. The van der Waals surface area contributed by atoms with Crippen LogP contribution >= 0.6 is 0 Å². The van der Waals surface area contributed by atoms with Crippen molar-refractivity contribution in [1.82, 2.24) is 5.32 Å². The maximum atomic E-state index is 12.8. The van der Waals surface area contributed by atoms with Gasteiger partial charge in [-0.05, 0) is 26.5 Å². The van der Waals surface area contributed by atoms with Crippen LogP contribution in [0.4, 0.5) is 26.3 Å². The van der Waals surface area contributed by atoms with Crippen molar-refractivity contribution in [3.8, 4) is 0 Å². The molecule has 0 bridgehead atoms. The molecule has 0 aliphatic heterocycles. The molecule has 0 aliphatic carbocycles. The summed E-state index contributed by atoms with van der Waals surface area (Å²) in [7, 11) is 1.09. The predicted octanol–water partition coefficient (Wildman–Crippen LogP) is 4.30. The summed E-state index contributed by atoms with van der Waals surface area (Å²) >= 11 is 0. The minimum Gasteiger partial charge on any atom is -0.312 e. The Bertz CT molecular complexity index is 429. The van der Waals surface area contributed by atoms with Gasteiger partial charge in [0.05, 0.1) is 6.04 Å². The number of benzene rings is 1. The molecule has 1 atom stereocenters. The Kier molecular flexibility index (Phi) is 4.74. The molecule has 0 aromatic heterocycles. The van der Waals surface area contributed by atoms with E-state index in [1.165, 1.54) is 12.1 Å². The van der Waals surface area contributed by atoms with Gasteiger partial charge in [-0.25, -0.2) is 0 Å². The molecule has 114 valence electrons. The Morgan fingerprint density at radius 1 is 0.850 bits per heavy atom. The number of alkyl halides is 6. The largest absolute Gasteiger partial charge is 0.402 e. The first-order chi connectivity index (χ1) is 8.96. The second-order valence-corrected chi connectivity index (χ2v) is 4.75. The molecule has 0 aliphatic rings. The quantitative estimate of drug-likeness (QED) is 0.820. The van der Waals surface area contributed by atoms with E-state index in [1.54, 1.807) is 19.9 Å². The lowest BCUT2D eigenvalue weighted by Crippen LogP contribution is -2.45. The van der Waals surface area contributed by atoms with Gasteiger partial charge in [0.2, 0.25) is 0 Å². The van der Waals surface area contributed by atoms with Gasteiger partial charge in [0, 0.05) is 0 Å². The van der Waals surface area contributed by atoms with E-state index in [1.807, 2.05) is 0 Å². The number of nitrogens with one attached hydrogen (secondary N) is 1. The van der Waals surface area contributed by atoms with E-state index in [0.717, 1.165) is 7.05 Å². The van der Waals surface area contributed by atoms with E-state index in [4.69, 9.17) is 0 Å². The number of aryl methyl sites for hydroxylation is 2. The predicted molar refractivity (Wildman–Crippen MR) is 63.3 cm³/mol. The van der Waals surface area contributed by atoms with Crippen molar-refractivity contribution in [1.29, 1.82) is 0 Å². The van der Waals surface area contributed by atoms with Gasteiger partial charge in [-0.15, -0.1) is 0 Å². The van der Waals surface area contributed by atoms with Crippen LogP contribution in [-0.2, 0) is 0 Å². The number of halogens is 6. The van der Waals surface area contributed by atoms with E-state index < -0.39 is 24.3 Å². The van der Waals surface area contributed by atoms with Gasteiger partial charge in [0.1, 0.15) is 0 Å². The van der Waals surface area contributed by atoms with Crippen LogP contribution in [0.5, 0.6) is 0 Å². The minimum atomic E-state index is -5.37. The molecule has 1 aromatic rings. The van der Waals surface area contributed by atoms with Crippen molar-refractivity contribution >= 4 is 0 Å². The van der Waals surface area contributed by atoms with Gasteiger partial charge in [-0.1, -0.05) is 29.3 Å². The molecule has 0 heterocycles. The van der Waals surface area contributed by atoms with E-state index in [9.17, 15) is 26.3 Å². The third-order valence-corrected chi connectivity index (χ3v) is 2.95. The molecule has 0 fully saturated rings. The van der Waals surface area contributed by atoms with Gasteiger partial charge < -0.3 is 5.32 Å². The lowest BCUT2D eigenvalue weighted by molar-refractivity contribution is -0.292. The lowest BCUT2D eigenvalue weighted by atomic mass is 9.90. The van der Waals surface area contributed by atoms with Crippen LogP contribution in [0.1, 0.15) is 22.7 Å². The molecule has 0 spiro atoms. The average Bonchev–Trinajstić information content (AvgIpc) is 2.20. The summed E-state index contributed by atoms with van der Waals surface area (Å²) in [6.45, 7) is 3.25.